The zero-order chi connectivity index (χ0) is 17.0. The van der Waals surface area contributed by atoms with E-state index in [1.54, 1.807) is 0 Å². The van der Waals surface area contributed by atoms with Crippen molar-refractivity contribution in [2.75, 3.05) is 6.61 Å². The van der Waals surface area contributed by atoms with Crippen molar-refractivity contribution in [3.8, 4) is 0 Å². The molecule has 0 heterocycles. The molecular weight excluding hydrogens is 288 g/mol. The number of allylic oxidation sites excluding steroid dienone is 1. The Hall–Kier alpha value is -0.380. The summed E-state index contributed by atoms with van der Waals surface area (Å²) in [4.78, 5) is 0. The van der Waals surface area contributed by atoms with Crippen LogP contribution >= 0.6 is 0 Å². The molecule has 23 heavy (non-hydrogen) atoms. The highest BCUT2D eigenvalue weighted by molar-refractivity contribution is 5.26. The average Bonchev–Trinajstić information content (AvgIpc) is 2.50. The van der Waals surface area contributed by atoms with Crippen LogP contribution in [0.1, 0.15) is 66.2 Å². The maximum Gasteiger partial charge on any atom is 0.0858 e. The predicted molar refractivity (Wildman–Crippen MR) is 91.9 cm³/mol. The number of hydrogen-bond donors (Lipinski definition) is 3. The normalized spacial score (nSPS) is 47.3. The molecule has 2 saturated carbocycles. The lowest BCUT2D eigenvalue weighted by molar-refractivity contribution is -0.143. The van der Waals surface area contributed by atoms with Gasteiger partial charge in [0, 0.05) is 10.8 Å². The molecule has 0 aliphatic heterocycles. The summed E-state index contributed by atoms with van der Waals surface area (Å²) in [6, 6.07) is 0. The zero-order valence-corrected chi connectivity index (χ0v) is 15.2. The van der Waals surface area contributed by atoms with Crippen LogP contribution in [0.3, 0.4) is 0 Å². The lowest BCUT2D eigenvalue weighted by Gasteiger charge is -2.61. The van der Waals surface area contributed by atoms with Crippen LogP contribution < -0.4 is 0 Å². The van der Waals surface area contributed by atoms with E-state index in [1.807, 2.05) is 0 Å². The Morgan fingerprint density at radius 3 is 2.48 bits per heavy atom. The van der Waals surface area contributed by atoms with E-state index in [4.69, 9.17) is 0 Å². The third kappa shape index (κ3) is 2.51. The van der Waals surface area contributed by atoms with Crippen LogP contribution in [0.15, 0.2) is 11.6 Å². The molecule has 0 bridgehead atoms. The van der Waals surface area contributed by atoms with Gasteiger partial charge in [0.05, 0.1) is 18.8 Å². The van der Waals surface area contributed by atoms with Gasteiger partial charge in [0.2, 0.25) is 0 Å². The monoisotopic (exact) mass is 322 g/mol. The van der Waals surface area contributed by atoms with Crippen LogP contribution in [0.25, 0.3) is 0 Å². The molecule has 0 saturated heterocycles. The van der Waals surface area contributed by atoms with E-state index in [-0.39, 0.29) is 23.5 Å². The molecule has 132 valence electrons. The van der Waals surface area contributed by atoms with Crippen LogP contribution in [0.4, 0.5) is 0 Å². The second-order valence-corrected chi connectivity index (χ2v) is 9.52. The summed E-state index contributed by atoms with van der Waals surface area (Å²) in [5.41, 5.74) is 1.35. The molecular formula is C20H34O3. The fraction of sp³-hybridized carbons (Fsp3) is 0.900. The summed E-state index contributed by atoms with van der Waals surface area (Å²) in [5, 5.41) is 30.5. The van der Waals surface area contributed by atoms with E-state index < -0.39 is 6.10 Å². The molecule has 3 aliphatic rings. The molecule has 0 unspecified atom stereocenters. The second kappa shape index (κ2) is 5.57. The minimum absolute atomic E-state index is 0.0443. The minimum Gasteiger partial charge on any atom is -0.394 e. The SMILES string of the molecule is CC1(C)CC[C@@H](O)[C@]2(C)[C@H]3CC[C@@](C)([C@@H](O)CO)C=C3CC[C@@H]12. The maximum absolute atomic E-state index is 10.9. The van der Waals surface area contributed by atoms with Gasteiger partial charge in [-0.2, -0.15) is 0 Å². The van der Waals surface area contributed by atoms with E-state index in [0.717, 1.165) is 38.5 Å². The summed E-state index contributed by atoms with van der Waals surface area (Å²) in [6.45, 7) is 8.94. The first kappa shape index (κ1) is 17.4. The van der Waals surface area contributed by atoms with Gasteiger partial charge in [-0.15, -0.1) is 0 Å². The van der Waals surface area contributed by atoms with Gasteiger partial charge in [-0.3, -0.25) is 0 Å². The van der Waals surface area contributed by atoms with Crippen LogP contribution in [-0.4, -0.2) is 34.1 Å². The third-order valence-corrected chi connectivity index (χ3v) is 7.82. The number of aliphatic hydroxyl groups excluding tert-OH is 3. The third-order valence-electron chi connectivity index (χ3n) is 7.82. The number of hydrogen-bond acceptors (Lipinski definition) is 3. The van der Waals surface area contributed by atoms with Crippen LogP contribution in [0.5, 0.6) is 0 Å². The van der Waals surface area contributed by atoms with Crippen LogP contribution in [-0.2, 0) is 0 Å². The Morgan fingerprint density at radius 2 is 1.83 bits per heavy atom. The Balaban J connectivity index is 1.97. The van der Waals surface area contributed by atoms with Crippen molar-refractivity contribution in [2.45, 2.75) is 78.4 Å². The van der Waals surface area contributed by atoms with Gasteiger partial charge < -0.3 is 15.3 Å². The summed E-state index contributed by atoms with van der Waals surface area (Å²) in [6.07, 6.45) is 7.47. The summed E-state index contributed by atoms with van der Waals surface area (Å²) in [7, 11) is 0. The minimum atomic E-state index is -0.686. The smallest absolute Gasteiger partial charge is 0.0858 e. The van der Waals surface area contributed by atoms with E-state index in [1.165, 1.54) is 5.57 Å². The van der Waals surface area contributed by atoms with E-state index in [2.05, 4.69) is 33.8 Å². The zero-order valence-electron chi connectivity index (χ0n) is 15.2. The largest absolute Gasteiger partial charge is 0.394 e. The molecule has 0 amide bonds. The molecule has 6 atom stereocenters. The number of fused-ring (bicyclic) bond motifs is 3. The molecule has 3 N–H and O–H groups in total. The van der Waals surface area contributed by atoms with Crippen molar-refractivity contribution >= 4 is 0 Å². The number of rotatable bonds is 2. The summed E-state index contributed by atoms with van der Waals surface area (Å²) in [5.74, 6) is 0.989. The van der Waals surface area contributed by atoms with Gasteiger partial charge in [0.1, 0.15) is 0 Å². The van der Waals surface area contributed by atoms with Gasteiger partial charge in [0.25, 0.3) is 0 Å². The van der Waals surface area contributed by atoms with Crippen molar-refractivity contribution in [1.29, 1.82) is 0 Å². The van der Waals surface area contributed by atoms with Crippen molar-refractivity contribution in [3.05, 3.63) is 11.6 Å². The molecule has 0 radical (unpaired) electrons. The lowest BCUT2D eigenvalue weighted by Crippen LogP contribution is -2.57. The topological polar surface area (TPSA) is 60.7 Å². The molecule has 3 aliphatic carbocycles. The van der Waals surface area contributed by atoms with E-state index >= 15 is 0 Å². The molecule has 0 aromatic rings. The van der Waals surface area contributed by atoms with Crippen LogP contribution in [0, 0.1) is 28.1 Å². The van der Waals surface area contributed by atoms with Gasteiger partial charge in [-0.1, -0.05) is 39.3 Å². The van der Waals surface area contributed by atoms with Crippen molar-refractivity contribution in [3.63, 3.8) is 0 Å². The standard InChI is InChI=1S/C20H34O3/c1-18(2)9-8-16(22)20(4)14-7-10-19(3,17(23)12-21)11-13(14)5-6-15(18)20/h11,14-17,21-23H,5-10,12H2,1-4H3/t14-,15-,16+,17-,19+,20+/m0/s1. The van der Waals surface area contributed by atoms with E-state index in [0.29, 0.717) is 17.3 Å². The Labute approximate surface area is 140 Å². The first-order valence-corrected chi connectivity index (χ1v) is 9.34. The van der Waals surface area contributed by atoms with Crippen molar-refractivity contribution in [2.24, 2.45) is 28.1 Å². The van der Waals surface area contributed by atoms with Gasteiger partial charge in [0.15, 0.2) is 0 Å². The first-order valence-electron chi connectivity index (χ1n) is 9.34. The van der Waals surface area contributed by atoms with Crippen molar-refractivity contribution in [1.82, 2.24) is 0 Å². The quantitative estimate of drug-likeness (QED) is 0.684. The van der Waals surface area contributed by atoms with Crippen molar-refractivity contribution < 1.29 is 15.3 Å². The average molecular weight is 322 g/mol. The first-order chi connectivity index (χ1) is 10.6. The van der Waals surface area contributed by atoms with E-state index in [9.17, 15) is 15.3 Å². The Kier molecular flexibility index (Phi) is 4.23. The molecule has 2 fully saturated rings. The van der Waals surface area contributed by atoms with Gasteiger partial charge >= 0.3 is 0 Å². The highest BCUT2D eigenvalue weighted by Crippen LogP contribution is 2.63. The molecule has 0 spiro atoms. The highest BCUT2D eigenvalue weighted by atomic mass is 16.3. The number of aliphatic hydroxyl groups is 3. The summed E-state index contributed by atoms with van der Waals surface area (Å²) >= 11 is 0. The Morgan fingerprint density at radius 1 is 1.13 bits per heavy atom. The predicted octanol–water partition coefficient (Wildman–Crippen LogP) is 3.28. The molecule has 3 nitrogen and oxygen atoms in total. The second-order valence-electron chi connectivity index (χ2n) is 9.52. The maximum atomic E-state index is 10.9. The van der Waals surface area contributed by atoms with Gasteiger partial charge in [-0.05, 0) is 55.8 Å². The molecule has 0 aromatic carbocycles. The lowest BCUT2D eigenvalue weighted by atomic mass is 9.44. The summed E-state index contributed by atoms with van der Waals surface area (Å²) < 4.78 is 0. The van der Waals surface area contributed by atoms with Gasteiger partial charge in [-0.25, -0.2) is 0 Å². The fourth-order valence-corrected chi connectivity index (χ4v) is 6.22. The molecule has 3 heteroatoms. The van der Waals surface area contributed by atoms with Crippen LogP contribution in [0.2, 0.25) is 0 Å². The molecule has 3 rings (SSSR count). The molecule has 0 aromatic heterocycles. The highest BCUT2D eigenvalue weighted by Gasteiger charge is 2.58. The fourth-order valence-electron chi connectivity index (χ4n) is 6.22. The Bertz CT molecular complexity index is 497.